The highest BCUT2D eigenvalue weighted by Crippen LogP contribution is 2.71. The van der Waals surface area contributed by atoms with Gasteiger partial charge in [0.05, 0.1) is 60.7 Å². The summed E-state index contributed by atoms with van der Waals surface area (Å²) in [7, 11) is 0. The Bertz CT molecular complexity index is 1940. The molecule has 14 heteroatoms. The summed E-state index contributed by atoms with van der Waals surface area (Å²) < 4.78 is 22.0. The van der Waals surface area contributed by atoms with Crippen molar-refractivity contribution in [1.29, 1.82) is 0 Å². The van der Waals surface area contributed by atoms with Crippen LogP contribution in [0, 0.1) is 74.9 Å². The zero-order valence-electron chi connectivity index (χ0n) is 39.5. The first kappa shape index (κ1) is 47.7. The molecule has 7 saturated carbocycles. The molecule has 370 valence electrons. The predicted octanol–water partition coefficient (Wildman–Crippen LogP) is 3.86. The number of aliphatic hydroxyl groups is 8. The molecule has 2 saturated heterocycles. The Labute approximate surface area is 389 Å². The van der Waals surface area contributed by atoms with Crippen LogP contribution in [-0.2, 0) is 28.5 Å². The molecule has 0 aromatic carbocycles. The topological polar surface area (TPSA) is 233 Å². The fraction of sp³-hybridized carbons (Fsp3) is 0.885. The van der Waals surface area contributed by atoms with E-state index in [0.29, 0.717) is 49.0 Å². The Morgan fingerprint density at radius 2 is 1.56 bits per heavy atom. The number of rotatable bonds is 5. The average Bonchev–Trinajstić information content (AvgIpc) is 4.05. The number of allylic oxidation sites excluding steroid dienone is 2. The molecule has 8 N–H and O–H groups in total. The van der Waals surface area contributed by atoms with Crippen LogP contribution >= 0.6 is 0 Å². The van der Waals surface area contributed by atoms with Gasteiger partial charge in [-0.1, -0.05) is 32.9 Å². The van der Waals surface area contributed by atoms with Crippen molar-refractivity contribution >= 4 is 11.9 Å². The molecule has 3 heterocycles. The van der Waals surface area contributed by atoms with E-state index in [4.69, 9.17) is 18.9 Å². The summed E-state index contributed by atoms with van der Waals surface area (Å²) in [6, 6.07) is 0. The van der Waals surface area contributed by atoms with E-state index in [-0.39, 0.29) is 44.2 Å². The van der Waals surface area contributed by atoms with Crippen molar-refractivity contribution in [2.45, 2.75) is 191 Å². The molecule has 23 atom stereocenters. The van der Waals surface area contributed by atoms with E-state index in [9.17, 15) is 50.4 Å². The largest absolute Gasteiger partial charge is 0.465 e. The number of ether oxygens (including phenoxy) is 4. The van der Waals surface area contributed by atoms with Crippen LogP contribution in [0.3, 0.4) is 0 Å². The van der Waals surface area contributed by atoms with Gasteiger partial charge in [0.25, 0.3) is 0 Å². The number of carbonyl (C=O) groups is 2. The minimum atomic E-state index is -1.67. The Balaban J connectivity index is 0.000000174. The highest BCUT2D eigenvalue weighted by atomic mass is 16.7. The Kier molecular flexibility index (Phi) is 12.2. The molecule has 66 heavy (non-hydrogen) atoms. The van der Waals surface area contributed by atoms with Crippen molar-refractivity contribution in [3.05, 3.63) is 23.8 Å². The maximum Gasteiger partial charge on any atom is 0.331 e. The summed E-state index contributed by atoms with van der Waals surface area (Å²) >= 11 is 0. The van der Waals surface area contributed by atoms with Crippen LogP contribution in [0.1, 0.15) is 130 Å². The molecule has 0 bridgehead atoms. The van der Waals surface area contributed by atoms with E-state index < -0.39 is 95.5 Å². The van der Waals surface area contributed by atoms with Crippen LogP contribution in [0.4, 0.5) is 0 Å². The van der Waals surface area contributed by atoms with Crippen molar-refractivity contribution in [2.24, 2.45) is 74.9 Å². The third-order valence-corrected chi connectivity index (χ3v) is 21.8. The number of hydrogen-bond acceptors (Lipinski definition) is 14. The minimum Gasteiger partial charge on any atom is -0.465 e. The number of carbonyl (C=O) groups excluding carboxylic acids is 2. The Morgan fingerprint density at radius 1 is 0.803 bits per heavy atom. The lowest BCUT2D eigenvalue weighted by Crippen LogP contribution is -2.76. The van der Waals surface area contributed by atoms with Crippen molar-refractivity contribution in [2.75, 3.05) is 19.8 Å². The predicted molar refractivity (Wildman–Crippen MR) is 237 cm³/mol. The third-order valence-electron chi connectivity index (χ3n) is 21.8. The van der Waals surface area contributed by atoms with E-state index in [2.05, 4.69) is 26.0 Å². The lowest BCUT2D eigenvalue weighted by molar-refractivity contribution is -0.342. The first-order valence-electron chi connectivity index (χ1n) is 25.7. The van der Waals surface area contributed by atoms with Gasteiger partial charge in [-0.25, -0.2) is 4.79 Å². The van der Waals surface area contributed by atoms with Crippen molar-refractivity contribution < 1.29 is 69.4 Å². The molecular formula is C52H78O14. The molecule has 9 fully saturated rings. The lowest BCUT2D eigenvalue weighted by Gasteiger charge is -2.68. The van der Waals surface area contributed by atoms with E-state index in [1.54, 1.807) is 0 Å². The van der Waals surface area contributed by atoms with Gasteiger partial charge < -0.3 is 59.8 Å². The monoisotopic (exact) mass is 927 g/mol. The van der Waals surface area contributed by atoms with Gasteiger partial charge >= 0.3 is 11.9 Å². The maximum atomic E-state index is 12.4. The summed E-state index contributed by atoms with van der Waals surface area (Å²) in [5.41, 5.74) is -3.54. The second kappa shape index (κ2) is 16.8. The molecule has 8 aliphatic carbocycles. The Hall–Kier alpha value is -1.98. The molecule has 0 spiro atoms. The average molecular weight is 927 g/mol. The fourth-order valence-corrected chi connectivity index (χ4v) is 18.5. The van der Waals surface area contributed by atoms with Gasteiger partial charge in [0.1, 0.15) is 24.9 Å². The lowest BCUT2D eigenvalue weighted by atomic mass is 9.40. The van der Waals surface area contributed by atoms with Gasteiger partial charge in [0, 0.05) is 36.2 Å². The fourth-order valence-electron chi connectivity index (χ4n) is 18.5. The number of hydrogen-bond donors (Lipinski definition) is 8. The number of aliphatic hydroxyl groups excluding tert-OH is 6. The summed E-state index contributed by atoms with van der Waals surface area (Å²) in [4.78, 5) is 23.5. The highest BCUT2D eigenvalue weighted by Gasteiger charge is 2.75. The smallest absolute Gasteiger partial charge is 0.331 e. The molecule has 0 aromatic rings. The number of cyclic esters (lactones) is 2. The van der Waals surface area contributed by atoms with Gasteiger partial charge in [-0.3, -0.25) is 4.79 Å². The quantitative estimate of drug-likeness (QED) is 0.111. The molecular weight excluding hydrogens is 849 g/mol. The maximum absolute atomic E-state index is 12.4. The SMILES string of the molecule is C[C@@H]1O[C@@H](O[C@H]2C[C@@H](O)[C@]3(CO)[C@H]4[C@H](O)C[C@]5(C)[C@@H](C6=CC(=O)OC6)CC[C@]5(O)[C@@H]4CC[C@]3(O)C2)[C@H](O)[C@H](O)[C@H]1O.C[C@]12CC[C@H]3[C@@H](CCC4CCC=C[C@@]43C)[C@H]1CC[C@@H]2[C@@H]1COC(=O)C1. The Morgan fingerprint density at radius 3 is 2.27 bits per heavy atom. The van der Waals surface area contributed by atoms with Crippen molar-refractivity contribution in [3.8, 4) is 0 Å². The number of esters is 2. The van der Waals surface area contributed by atoms with Gasteiger partial charge in [-0.2, -0.15) is 0 Å². The zero-order chi connectivity index (χ0) is 46.9. The molecule has 0 aromatic heterocycles. The van der Waals surface area contributed by atoms with Crippen LogP contribution in [0.5, 0.6) is 0 Å². The van der Waals surface area contributed by atoms with Crippen LogP contribution in [0.2, 0.25) is 0 Å². The molecule has 1 unspecified atom stereocenters. The third kappa shape index (κ3) is 6.89. The minimum absolute atomic E-state index is 0.0369. The second-order valence-corrected chi connectivity index (χ2v) is 24.2. The molecule has 3 aliphatic heterocycles. The van der Waals surface area contributed by atoms with E-state index >= 15 is 0 Å². The first-order valence-corrected chi connectivity index (χ1v) is 25.7. The van der Waals surface area contributed by atoms with Crippen LogP contribution in [0.25, 0.3) is 0 Å². The van der Waals surface area contributed by atoms with Gasteiger partial charge in [-0.15, -0.1) is 0 Å². The molecule has 11 aliphatic rings. The van der Waals surface area contributed by atoms with Crippen LogP contribution < -0.4 is 0 Å². The summed E-state index contributed by atoms with van der Waals surface area (Å²) in [5.74, 6) is 2.98. The summed E-state index contributed by atoms with van der Waals surface area (Å²) in [5, 5.41) is 89.6. The van der Waals surface area contributed by atoms with Gasteiger partial charge in [0.2, 0.25) is 0 Å². The molecule has 0 radical (unpaired) electrons. The summed E-state index contributed by atoms with van der Waals surface area (Å²) in [6.45, 7) is 8.87. The highest BCUT2D eigenvalue weighted by molar-refractivity contribution is 5.85. The van der Waals surface area contributed by atoms with Crippen LogP contribution in [0.15, 0.2) is 23.8 Å². The molecule has 14 nitrogen and oxygen atoms in total. The van der Waals surface area contributed by atoms with E-state index in [1.165, 1.54) is 64.4 Å². The van der Waals surface area contributed by atoms with Crippen molar-refractivity contribution in [3.63, 3.8) is 0 Å². The normalized spacial score (nSPS) is 56.0. The summed E-state index contributed by atoms with van der Waals surface area (Å²) in [6.07, 6.45) is 10.3. The standard InChI is InChI=1S/C29H44O12.C23H34O2/c1-13-22(34)23(35)24(36)25(40-13)41-15-8-19(32)28(12-30)21-17(3-5-27(28,37)9-15)29(38)6-4-16(14-7-20(33)39-11-14)26(29,2)10-18(21)31;1-22-11-4-3-5-16(22)6-7-17-19-9-8-18(15-13-21(24)25-14-15)23(19,2)12-10-20(17)22/h7,13,15-19,21-25,30-32,34-38H,3-6,8-12H2,1-2H3;4,11,15-20H,3,5-10,12-14H2,1-2H3/t13-,15-,16+,17+,18+,19+,21+,22-,23+,24+,25-,26+,27-,28+,29-;15-,16?,17-,18+,19+,20-,22-,23+/m00/s1. The van der Waals surface area contributed by atoms with Crippen LogP contribution in [-0.4, -0.2) is 133 Å². The van der Waals surface area contributed by atoms with Gasteiger partial charge in [-0.05, 0) is 148 Å². The van der Waals surface area contributed by atoms with E-state index in [0.717, 1.165) is 35.2 Å². The van der Waals surface area contributed by atoms with Gasteiger partial charge in [0.15, 0.2) is 6.29 Å². The zero-order valence-corrected chi connectivity index (χ0v) is 39.5. The number of fused-ring (bicyclic) bond motifs is 10. The van der Waals surface area contributed by atoms with E-state index in [1.807, 2.05) is 6.92 Å². The second-order valence-electron chi connectivity index (χ2n) is 24.2. The first-order chi connectivity index (χ1) is 31.2. The van der Waals surface area contributed by atoms with Crippen molar-refractivity contribution in [1.82, 2.24) is 0 Å². The molecule has 0 amide bonds. The molecule has 11 rings (SSSR count).